The molecule has 0 aromatic heterocycles. The maximum Gasteiger partial charge on any atom is 0.408 e. The third kappa shape index (κ3) is 5.42. The van der Waals surface area contributed by atoms with Crippen LogP contribution in [0.4, 0.5) is 4.79 Å². The number of amides is 1. The van der Waals surface area contributed by atoms with E-state index in [2.05, 4.69) is 17.2 Å². The van der Waals surface area contributed by atoms with Crippen molar-refractivity contribution in [1.29, 1.82) is 0 Å². The lowest BCUT2D eigenvalue weighted by Gasteiger charge is -2.04. The topological polar surface area (TPSA) is 38.3 Å². The molecule has 0 fully saturated rings. The van der Waals surface area contributed by atoms with E-state index in [0.29, 0.717) is 0 Å². The summed E-state index contributed by atoms with van der Waals surface area (Å²) in [5.41, 5.74) is 3.06. The first kappa shape index (κ1) is 14.7. The SMILES string of the molecule is Cc1cccc(C#CCNC(=O)OCc2ccccc2)c1. The first-order valence-corrected chi connectivity index (χ1v) is 6.74. The van der Waals surface area contributed by atoms with Crippen molar-refractivity contribution in [3.05, 3.63) is 71.3 Å². The summed E-state index contributed by atoms with van der Waals surface area (Å²) in [4.78, 5) is 11.5. The molecule has 0 atom stereocenters. The van der Waals surface area contributed by atoms with E-state index in [9.17, 15) is 4.79 Å². The zero-order valence-electron chi connectivity index (χ0n) is 11.9. The molecule has 0 heterocycles. The van der Waals surface area contributed by atoms with Gasteiger partial charge in [0.05, 0.1) is 6.54 Å². The zero-order valence-corrected chi connectivity index (χ0v) is 11.9. The standard InChI is InChI=1S/C18H17NO2/c1-15-7-5-10-16(13-15)11-6-12-19-18(20)21-14-17-8-3-2-4-9-17/h2-5,7-10,13H,12,14H2,1H3,(H,19,20). The monoisotopic (exact) mass is 279 g/mol. The van der Waals surface area contributed by atoms with Crippen molar-refractivity contribution < 1.29 is 9.53 Å². The van der Waals surface area contributed by atoms with Crippen LogP contribution in [0.1, 0.15) is 16.7 Å². The summed E-state index contributed by atoms with van der Waals surface area (Å²) in [6.45, 7) is 2.55. The lowest BCUT2D eigenvalue weighted by atomic mass is 10.1. The van der Waals surface area contributed by atoms with E-state index in [-0.39, 0.29) is 13.2 Å². The fourth-order valence-corrected chi connectivity index (χ4v) is 1.76. The van der Waals surface area contributed by atoms with Crippen molar-refractivity contribution in [2.24, 2.45) is 0 Å². The first-order valence-electron chi connectivity index (χ1n) is 6.74. The highest BCUT2D eigenvalue weighted by molar-refractivity contribution is 5.67. The van der Waals surface area contributed by atoms with Crippen LogP contribution in [-0.2, 0) is 11.3 Å². The molecule has 0 spiro atoms. The lowest BCUT2D eigenvalue weighted by Crippen LogP contribution is -2.24. The summed E-state index contributed by atoms with van der Waals surface area (Å²) in [5, 5.41) is 2.60. The molecular formula is C18H17NO2. The van der Waals surface area contributed by atoms with Gasteiger partial charge in [-0.05, 0) is 30.2 Å². The van der Waals surface area contributed by atoms with Crippen LogP contribution in [0.2, 0.25) is 0 Å². The average molecular weight is 279 g/mol. The van der Waals surface area contributed by atoms with Crippen LogP contribution in [0.5, 0.6) is 0 Å². The quantitative estimate of drug-likeness (QED) is 0.876. The smallest absolute Gasteiger partial charge is 0.408 e. The van der Waals surface area contributed by atoms with Gasteiger partial charge in [-0.2, -0.15) is 0 Å². The Hall–Kier alpha value is -2.73. The van der Waals surface area contributed by atoms with E-state index in [4.69, 9.17) is 4.74 Å². The molecule has 2 aromatic rings. The lowest BCUT2D eigenvalue weighted by molar-refractivity contribution is 0.141. The number of carbonyl (C=O) groups is 1. The number of alkyl carbamates (subject to hydrolysis) is 1. The Kier molecular flexibility index (Phi) is 5.42. The molecule has 2 aromatic carbocycles. The molecule has 21 heavy (non-hydrogen) atoms. The number of hydrogen-bond acceptors (Lipinski definition) is 2. The zero-order chi connectivity index (χ0) is 14.9. The van der Waals surface area contributed by atoms with Crippen LogP contribution < -0.4 is 5.32 Å². The Morgan fingerprint density at radius 1 is 1.14 bits per heavy atom. The number of hydrogen-bond donors (Lipinski definition) is 1. The number of nitrogens with one attached hydrogen (secondary N) is 1. The van der Waals surface area contributed by atoms with Gasteiger partial charge in [0.1, 0.15) is 6.61 Å². The minimum absolute atomic E-state index is 0.262. The average Bonchev–Trinajstić information content (AvgIpc) is 2.51. The molecule has 0 aliphatic heterocycles. The van der Waals surface area contributed by atoms with Crippen LogP contribution in [0.25, 0.3) is 0 Å². The largest absolute Gasteiger partial charge is 0.445 e. The van der Waals surface area contributed by atoms with E-state index >= 15 is 0 Å². The molecule has 106 valence electrons. The Bertz CT molecular complexity index is 654. The summed E-state index contributed by atoms with van der Waals surface area (Å²) in [5.74, 6) is 5.89. The summed E-state index contributed by atoms with van der Waals surface area (Å²) in [6.07, 6.45) is -0.461. The van der Waals surface area contributed by atoms with E-state index in [1.165, 1.54) is 0 Å². The molecule has 3 heteroatoms. The molecule has 0 radical (unpaired) electrons. The minimum atomic E-state index is -0.461. The first-order chi connectivity index (χ1) is 10.2. The highest BCUT2D eigenvalue weighted by atomic mass is 16.5. The Morgan fingerprint density at radius 2 is 1.95 bits per heavy atom. The molecule has 1 N–H and O–H groups in total. The molecule has 0 aliphatic rings. The molecule has 2 rings (SSSR count). The van der Waals surface area contributed by atoms with Crippen molar-refractivity contribution in [2.45, 2.75) is 13.5 Å². The highest BCUT2D eigenvalue weighted by Gasteiger charge is 1.99. The maximum atomic E-state index is 11.5. The molecule has 0 saturated heterocycles. The molecule has 0 bridgehead atoms. The van der Waals surface area contributed by atoms with E-state index < -0.39 is 6.09 Å². The normalized spacial score (nSPS) is 9.38. The van der Waals surface area contributed by atoms with E-state index in [1.807, 2.05) is 61.5 Å². The van der Waals surface area contributed by atoms with Crippen LogP contribution in [0.15, 0.2) is 54.6 Å². The summed E-state index contributed by atoms with van der Waals surface area (Å²) < 4.78 is 5.08. The van der Waals surface area contributed by atoms with Crippen molar-refractivity contribution in [3.63, 3.8) is 0 Å². The Morgan fingerprint density at radius 3 is 2.71 bits per heavy atom. The Labute approximate surface area is 125 Å². The van der Waals surface area contributed by atoms with Crippen molar-refractivity contribution >= 4 is 6.09 Å². The third-order valence-electron chi connectivity index (χ3n) is 2.78. The second kappa shape index (κ2) is 7.76. The van der Waals surface area contributed by atoms with Gasteiger partial charge in [-0.3, -0.25) is 0 Å². The minimum Gasteiger partial charge on any atom is -0.445 e. The fourth-order valence-electron chi connectivity index (χ4n) is 1.76. The van der Waals surface area contributed by atoms with E-state index in [0.717, 1.165) is 16.7 Å². The van der Waals surface area contributed by atoms with Gasteiger partial charge >= 0.3 is 6.09 Å². The van der Waals surface area contributed by atoms with Crippen molar-refractivity contribution in [2.75, 3.05) is 6.54 Å². The maximum absolute atomic E-state index is 11.5. The predicted octanol–water partition coefficient (Wildman–Crippen LogP) is 3.27. The number of rotatable bonds is 3. The van der Waals surface area contributed by atoms with Gasteiger partial charge in [0.2, 0.25) is 0 Å². The van der Waals surface area contributed by atoms with Gasteiger partial charge in [0.25, 0.3) is 0 Å². The number of ether oxygens (including phenoxy) is 1. The second-order valence-electron chi connectivity index (χ2n) is 4.59. The van der Waals surface area contributed by atoms with Gasteiger partial charge in [0.15, 0.2) is 0 Å². The number of aryl methyl sites for hydroxylation is 1. The van der Waals surface area contributed by atoms with Gasteiger partial charge in [-0.25, -0.2) is 4.79 Å². The molecular weight excluding hydrogens is 262 g/mol. The third-order valence-corrected chi connectivity index (χ3v) is 2.78. The van der Waals surface area contributed by atoms with Crippen LogP contribution in [0, 0.1) is 18.8 Å². The van der Waals surface area contributed by atoms with Gasteiger partial charge < -0.3 is 10.1 Å². The molecule has 0 unspecified atom stereocenters. The summed E-state index contributed by atoms with van der Waals surface area (Å²) >= 11 is 0. The molecule has 0 saturated carbocycles. The van der Waals surface area contributed by atoms with Crippen LogP contribution in [-0.4, -0.2) is 12.6 Å². The van der Waals surface area contributed by atoms with Crippen molar-refractivity contribution in [3.8, 4) is 11.8 Å². The van der Waals surface area contributed by atoms with Crippen LogP contribution >= 0.6 is 0 Å². The number of benzene rings is 2. The summed E-state index contributed by atoms with van der Waals surface area (Å²) in [6, 6.07) is 17.5. The molecule has 0 aliphatic carbocycles. The van der Waals surface area contributed by atoms with Gasteiger partial charge in [0, 0.05) is 5.56 Å². The van der Waals surface area contributed by atoms with Crippen LogP contribution in [0.3, 0.4) is 0 Å². The molecule has 3 nitrogen and oxygen atoms in total. The second-order valence-corrected chi connectivity index (χ2v) is 4.59. The predicted molar refractivity (Wildman–Crippen MR) is 82.7 cm³/mol. The fraction of sp³-hybridized carbons (Fsp3) is 0.167. The van der Waals surface area contributed by atoms with Crippen molar-refractivity contribution in [1.82, 2.24) is 5.32 Å². The molecule has 1 amide bonds. The summed E-state index contributed by atoms with van der Waals surface area (Å²) in [7, 11) is 0. The van der Waals surface area contributed by atoms with Gasteiger partial charge in [-0.1, -0.05) is 54.3 Å². The highest BCUT2D eigenvalue weighted by Crippen LogP contribution is 2.01. The Balaban J connectivity index is 1.72. The van der Waals surface area contributed by atoms with Gasteiger partial charge in [-0.15, -0.1) is 0 Å². The number of carbonyl (C=O) groups excluding carboxylic acids is 1. The van der Waals surface area contributed by atoms with E-state index in [1.54, 1.807) is 0 Å².